The van der Waals surface area contributed by atoms with Crippen molar-refractivity contribution in [3.8, 4) is 0 Å². The molecule has 1 N–H and O–H groups in total. The highest BCUT2D eigenvalue weighted by molar-refractivity contribution is 6.33. The summed E-state index contributed by atoms with van der Waals surface area (Å²) in [7, 11) is 1.20. The predicted octanol–water partition coefficient (Wildman–Crippen LogP) is 2.18. The molecular formula is C13H15ClN2O5. The number of benzene rings is 1. The average molecular weight is 315 g/mol. The second-order valence-corrected chi connectivity index (χ2v) is 5.02. The van der Waals surface area contributed by atoms with Crippen LogP contribution in [0.2, 0.25) is 5.02 Å². The summed E-state index contributed by atoms with van der Waals surface area (Å²) in [5.74, 6) is -1.61. The third kappa shape index (κ3) is 3.91. The van der Waals surface area contributed by atoms with Gasteiger partial charge in [0.1, 0.15) is 16.6 Å². The molecule has 0 saturated heterocycles. The molecule has 0 aliphatic heterocycles. The number of amides is 1. The molecule has 1 amide bonds. The number of hydrogen-bond acceptors (Lipinski definition) is 5. The van der Waals surface area contributed by atoms with Crippen LogP contribution in [0.1, 0.15) is 24.2 Å². The molecule has 0 aromatic heterocycles. The SMILES string of the molecule is COC(=O)[C@@H](NC(=O)c1cccc(Cl)c1[N+](=O)[O-])C(C)C. The van der Waals surface area contributed by atoms with Crippen LogP contribution < -0.4 is 5.32 Å². The topological polar surface area (TPSA) is 98.5 Å². The van der Waals surface area contributed by atoms with Crippen molar-refractivity contribution in [1.82, 2.24) is 5.32 Å². The second-order valence-electron chi connectivity index (χ2n) is 4.61. The molecule has 0 aliphatic rings. The Bertz CT molecular complexity index is 574. The van der Waals surface area contributed by atoms with Crippen LogP contribution in [0.25, 0.3) is 0 Å². The molecule has 7 nitrogen and oxygen atoms in total. The number of para-hydroxylation sites is 1. The molecule has 0 aliphatic carbocycles. The Labute approximate surface area is 126 Å². The molecule has 1 aromatic carbocycles. The molecule has 1 rings (SSSR count). The monoisotopic (exact) mass is 314 g/mol. The number of esters is 1. The number of nitro groups is 1. The minimum absolute atomic E-state index is 0.146. The highest BCUT2D eigenvalue weighted by atomic mass is 35.5. The van der Waals surface area contributed by atoms with Gasteiger partial charge in [0.15, 0.2) is 0 Å². The molecule has 8 heteroatoms. The second kappa shape index (κ2) is 7.03. The van der Waals surface area contributed by atoms with Crippen molar-refractivity contribution in [3.05, 3.63) is 38.9 Å². The molecule has 0 fully saturated rings. The van der Waals surface area contributed by atoms with E-state index in [0.29, 0.717) is 0 Å². The fourth-order valence-electron chi connectivity index (χ4n) is 1.73. The van der Waals surface area contributed by atoms with Gasteiger partial charge < -0.3 is 10.1 Å². The maximum absolute atomic E-state index is 12.2. The molecule has 114 valence electrons. The van der Waals surface area contributed by atoms with Gasteiger partial charge in [-0.1, -0.05) is 31.5 Å². The van der Waals surface area contributed by atoms with Crippen LogP contribution in [0, 0.1) is 16.0 Å². The summed E-state index contributed by atoms with van der Waals surface area (Å²) < 4.78 is 4.60. The number of nitrogens with zero attached hydrogens (tertiary/aromatic N) is 1. The lowest BCUT2D eigenvalue weighted by atomic mass is 10.0. The number of carbonyl (C=O) groups excluding carboxylic acids is 2. The van der Waals surface area contributed by atoms with Crippen molar-refractivity contribution >= 4 is 29.2 Å². The molecule has 1 atom stereocenters. The van der Waals surface area contributed by atoms with Gasteiger partial charge in [-0.15, -0.1) is 0 Å². The van der Waals surface area contributed by atoms with Gasteiger partial charge in [-0.05, 0) is 18.1 Å². The van der Waals surface area contributed by atoms with E-state index in [4.69, 9.17) is 11.6 Å². The first-order valence-corrected chi connectivity index (χ1v) is 6.49. The number of rotatable bonds is 5. The van der Waals surface area contributed by atoms with Gasteiger partial charge in [-0.3, -0.25) is 14.9 Å². The largest absolute Gasteiger partial charge is 0.467 e. The van der Waals surface area contributed by atoms with Gasteiger partial charge in [0.05, 0.1) is 12.0 Å². The number of carbonyl (C=O) groups is 2. The van der Waals surface area contributed by atoms with Crippen molar-refractivity contribution in [3.63, 3.8) is 0 Å². The highest BCUT2D eigenvalue weighted by Crippen LogP contribution is 2.28. The van der Waals surface area contributed by atoms with E-state index in [1.54, 1.807) is 13.8 Å². The molecular weight excluding hydrogens is 300 g/mol. The third-order valence-electron chi connectivity index (χ3n) is 2.82. The molecule has 0 radical (unpaired) electrons. The third-order valence-corrected chi connectivity index (χ3v) is 3.13. The fraction of sp³-hybridized carbons (Fsp3) is 0.385. The first kappa shape index (κ1) is 16.9. The quantitative estimate of drug-likeness (QED) is 0.510. The lowest BCUT2D eigenvalue weighted by Crippen LogP contribution is -2.45. The molecule has 21 heavy (non-hydrogen) atoms. The number of ether oxygens (including phenoxy) is 1. The number of nitro benzene ring substituents is 1. The van der Waals surface area contributed by atoms with Crippen LogP contribution in [0.4, 0.5) is 5.69 Å². The summed E-state index contributed by atoms with van der Waals surface area (Å²) in [5.41, 5.74) is -0.703. The standard InChI is InChI=1S/C13H15ClN2O5/c1-7(2)10(13(18)21-3)15-12(17)8-5-4-6-9(14)11(8)16(19)20/h4-7,10H,1-3H3,(H,15,17)/t10-/m0/s1. The number of nitrogens with one attached hydrogen (secondary N) is 1. The summed E-state index contributed by atoms with van der Waals surface area (Å²) in [5, 5.41) is 13.3. The maximum atomic E-state index is 12.2. The normalized spacial score (nSPS) is 11.9. The van der Waals surface area contributed by atoms with Crippen LogP contribution >= 0.6 is 11.6 Å². The van der Waals surface area contributed by atoms with Crippen molar-refractivity contribution in [2.45, 2.75) is 19.9 Å². The van der Waals surface area contributed by atoms with Crippen molar-refractivity contribution < 1.29 is 19.2 Å². The van der Waals surface area contributed by atoms with E-state index < -0.39 is 28.5 Å². The lowest BCUT2D eigenvalue weighted by molar-refractivity contribution is -0.385. The van der Waals surface area contributed by atoms with E-state index >= 15 is 0 Å². The molecule has 1 aromatic rings. The summed E-state index contributed by atoms with van der Waals surface area (Å²) in [6.07, 6.45) is 0. The van der Waals surface area contributed by atoms with Gasteiger partial charge in [0.25, 0.3) is 5.91 Å². The van der Waals surface area contributed by atoms with Crippen LogP contribution in [0.5, 0.6) is 0 Å². The number of methoxy groups -OCH3 is 1. The average Bonchev–Trinajstić information content (AvgIpc) is 2.42. The van der Waals surface area contributed by atoms with E-state index in [-0.39, 0.29) is 16.5 Å². The summed E-state index contributed by atoms with van der Waals surface area (Å²) in [6.45, 7) is 3.43. The first-order valence-electron chi connectivity index (χ1n) is 6.11. The van der Waals surface area contributed by atoms with Gasteiger partial charge in [0.2, 0.25) is 0 Å². The van der Waals surface area contributed by atoms with Crippen LogP contribution in [0.3, 0.4) is 0 Å². The number of hydrogen-bond donors (Lipinski definition) is 1. The van der Waals surface area contributed by atoms with Crippen LogP contribution in [-0.2, 0) is 9.53 Å². The Hall–Kier alpha value is -2.15. The summed E-state index contributed by atoms with van der Waals surface area (Å²) in [4.78, 5) is 34.1. The van der Waals surface area contributed by atoms with E-state index in [1.807, 2.05) is 0 Å². The Balaban J connectivity index is 3.12. The zero-order valence-electron chi connectivity index (χ0n) is 11.8. The fourth-order valence-corrected chi connectivity index (χ4v) is 1.97. The Morgan fingerprint density at radius 1 is 1.38 bits per heavy atom. The van der Waals surface area contributed by atoms with Gasteiger partial charge in [-0.2, -0.15) is 0 Å². The van der Waals surface area contributed by atoms with Crippen molar-refractivity contribution in [1.29, 1.82) is 0 Å². The van der Waals surface area contributed by atoms with E-state index in [1.165, 1.54) is 25.3 Å². The molecule has 0 unspecified atom stereocenters. The molecule has 0 bridgehead atoms. The molecule has 0 saturated carbocycles. The predicted molar refractivity (Wildman–Crippen MR) is 76.2 cm³/mol. The van der Waals surface area contributed by atoms with Gasteiger partial charge >= 0.3 is 11.7 Å². The van der Waals surface area contributed by atoms with Crippen molar-refractivity contribution in [2.24, 2.45) is 5.92 Å². The lowest BCUT2D eigenvalue weighted by Gasteiger charge is -2.19. The van der Waals surface area contributed by atoms with E-state index in [0.717, 1.165) is 0 Å². The number of halogens is 1. The van der Waals surface area contributed by atoms with Gasteiger partial charge in [0, 0.05) is 0 Å². The van der Waals surface area contributed by atoms with E-state index in [9.17, 15) is 19.7 Å². The summed E-state index contributed by atoms with van der Waals surface area (Å²) >= 11 is 5.74. The van der Waals surface area contributed by atoms with Crippen LogP contribution in [0.15, 0.2) is 18.2 Å². The minimum atomic E-state index is -0.902. The molecule has 0 heterocycles. The smallest absolute Gasteiger partial charge is 0.328 e. The minimum Gasteiger partial charge on any atom is -0.467 e. The Kier molecular flexibility index (Phi) is 5.66. The zero-order chi connectivity index (χ0) is 16.2. The first-order chi connectivity index (χ1) is 9.79. The van der Waals surface area contributed by atoms with Crippen LogP contribution in [-0.4, -0.2) is 30.0 Å². The van der Waals surface area contributed by atoms with E-state index in [2.05, 4.69) is 10.1 Å². The highest BCUT2D eigenvalue weighted by Gasteiger charge is 2.29. The van der Waals surface area contributed by atoms with Crippen molar-refractivity contribution in [2.75, 3.05) is 7.11 Å². The van der Waals surface area contributed by atoms with Gasteiger partial charge in [-0.25, -0.2) is 4.79 Å². The zero-order valence-corrected chi connectivity index (χ0v) is 12.5. The molecule has 0 spiro atoms. The summed E-state index contributed by atoms with van der Waals surface area (Å²) in [6, 6.07) is 3.11. The Morgan fingerprint density at radius 3 is 2.48 bits per heavy atom. The maximum Gasteiger partial charge on any atom is 0.328 e. The Morgan fingerprint density at radius 2 is 2.00 bits per heavy atom.